The molecule has 3 aromatic rings. The summed E-state index contributed by atoms with van der Waals surface area (Å²) in [6.07, 6.45) is -0.832. The van der Waals surface area contributed by atoms with Gasteiger partial charge in [-0.2, -0.15) is 0 Å². The van der Waals surface area contributed by atoms with Crippen LogP contribution in [0.15, 0.2) is 51.7 Å². The number of hydrogen-bond donors (Lipinski definition) is 1. The van der Waals surface area contributed by atoms with Gasteiger partial charge in [0.15, 0.2) is 17.3 Å². The van der Waals surface area contributed by atoms with Crippen LogP contribution < -0.4 is 29.1 Å². The van der Waals surface area contributed by atoms with Crippen LogP contribution in [0.4, 0.5) is 0 Å². The second-order valence-electron chi connectivity index (χ2n) is 7.04. The molecule has 32 heavy (non-hydrogen) atoms. The Labute approximate surface area is 185 Å². The van der Waals surface area contributed by atoms with Crippen molar-refractivity contribution in [1.29, 1.82) is 0 Å². The average Bonchev–Trinajstić information content (AvgIpc) is 2.80. The molecule has 0 aliphatic rings. The lowest BCUT2D eigenvalue weighted by Crippen LogP contribution is -2.18. The second kappa shape index (κ2) is 9.65. The van der Waals surface area contributed by atoms with Crippen molar-refractivity contribution in [2.24, 2.45) is 0 Å². The molecule has 1 N–H and O–H groups in total. The molecule has 0 fully saturated rings. The zero-order chi connectivity index (χ0) is 23.4. The molecule has 1 heterocycles. The van der Waals surface area contributed by atoms with Gasteiger partial charge in [-0.25, -0.2) is 0 Å². The Balaban J connectivity index is 2.20. The molecule has 0 saturated carbocycles. The third-order valence-corrected chi connectivity index (χ3v) is 4.94. The van der Waals surface area contributed by atoms with Crippen LogP contribution in [0.5, 0.6) is 28.7 Å². The van der Waals surface area contributed by atoms with Gasteiger partial charge in [-0.1, -0.05) is 6.58 Å². The molecular weight excluding hydrogens is 416 g/mol. The molecule has 170 valence electrons. The van der Waals surface area contributed by atoms with Gasteiger partial charge in [-0.3, -0.25) is 4.79 Å². The maximum atomic E-state index is 13.3. The van der Waals surface area contributed by atoms with Crippen molar-refractivity contribution in [2.75, 3.05) is 35.0 Å². The maximum absolute atomic E-state index is 13.3. The highest BCUT2D eigenvalue weighted by Gasteiger charge is 2.22. The lowest BCUT2D eigenvalue weighted by atomic mass is 10.1. The van der Waals surface area contributed by atoms with Crippen LogP contribution in [-0.2, 0) is 0 Å². The number of rotatable bonds is 9. The van der Waals surface area contributed by atoms with Crippen molar-refractivity contribution >= 4 is 11.0 Å². The SMILES string of the molecule is C=C(C)C(O)COc1cc(OC)c2c(=O)c(OC)c(-c3ccc(OC)c(OC)c3)oc2c1. The summed E-state index contributed by atoms with van der Waals surface area (Å²) in [6, 6.07) is 8.24. The zero-order valence-corrected chi connectivity index (χ0v) is 18.7. The van der Waals surface area contributed by atoms with E-state index in [2.05, 4.69) is 6.58 Å². The van der Waals surface area contributed by atoms with E-state index in [1.807, 2.05) is 0 Å². The summed E-state index contributed by atoms with van der Waals surface area (Å²) in [6.45, 7) is 5.40. The summed E-state index contributed by atoms with van der Waals surface area (Å²) >= 11 is 0. The number of benzene rings is 2. The molecule has 1 atom stereocenters. The number of aliphatic hydroxyl groups excluding tert-OH is 1. The minimum atomic E-state index is -0.832. The summed E-state index contributed by atoms with van der Waals surface area (Å²) in [7, 11) is 5.89. The zero-order valence-electron chi connectivity index (χ0n) is 18.7. The molecule has 0 spiro atoms. The van der Waals surface area contributed by atoms with Crippen molar-refractivity contribution in [3.63, 3.8) is 0 Å². The topological polar surface area (TPSA) is 96.6 Å². The standard InChI is InChI=1S/C24H26O8/c1-13(2)16(25)12-31-15-10-19(29-5)21-20(11-15)32-23(24(30-6)22(21)26)14-7-8-17(27-3)18(9-14)28-4/h7-11,16,25H,1,12H2,2-6H3. The third kappa shape index (κ3) is 4.36. The van der Waals surface area contributed by atoms with Gasteiger partial charge in [-0.15, -0.1) is 0 Å². The lowest BCUT2D eigenvalue weighted by molar-refractivity contribution is 0.135. The quantitative estimate of drug-likeness (QED) is 0.500. The summed E-state index contributed by atoms with van der Waals surface area (Å²) in [5.41, 5.74) is 0.968. The molecule has 8 heteroatoms. The predicted octanol–water partition coefficient (Wildman–Crippen LogP) is 3.81. The Morgan fingerprint density at radius 1 is 1.00 bits per heavy atom. The first-order valence-corrected chi connectivity index (χ1v) is 9.76. The fourth-order valence-corrected chi connectivity index (χ4v) is 3.16. The Kier molecular flexibility index (Phi) is 6.95. The number of fused-ring (bicyclic) bond motifs is 1. The van der Waals surface area contributed by atoms with Crippen molar-refractivity contribution in [3.8, 4) is 40.1 Å². The van der Waals surface area contributed by atoms with Gasteiger partial charge in [0.2, 0.25) is 11.2 Å². The molecule has 8 nitrogen and oxygen atoms in total. The minimum absolute atomic E-state index is 0.00703. The average molecular weight is 442 g/mol. The van der Waals surface area contributed by atoms with Crippen LogP contribution in [0.3, 0.4) is 0 Å². The van der Waals surface area contributed by atoms with Crippen molar-refractivity contribution in [1.82, 2.24) is 0 Å². The van der Waals surface area contributed by atoms with Crippen molar-refractivity contribution in [3.05, 3.63) is 52.7 Å². The third-order valence-electron chi connectivity index (χ3n) is 4.94. The number of hydrogen-bond acceptors (Lipinski definition) is 8. The Morgan fingerprint density at radius 2 is 1.69 bits per heavy atom. The fraction of sp³-hybridized carbons (Fsp3) is 0.292. The van der Waals surface area contributed by atoms with Gasteiger partial charge in [0.25, 0.3) is 0 Å². The molecule has 1 aromatic heterocycles. The summed E-state index contributed by atoms with van der Waals surface area (Å²) in [5.74, 6) is 1.86. The van der Waals surface area contributed by atoms with E-state index >= 15 is 0 Å². The van der Waals surface area contributed by atoms with Gasteiger partial charge in [-0.05, 0) is 30.7 Å². The second-order valence-corrected chi connectivity index (χ2v) is 7.04. The molecule has 0 saturated heterocycles. The molecule has 1 unspecified atom stereocenters. The van der Waals surface area contributed by atoms with Crippen LogP contribution >= 0.6 is 0 Å². The van der Waals surface area contributed by atoms with E-state index in [1.165, 1.54) is 28.4 Å². The Hall–Kier alpha value is -3.65. The van der Waals surface area contributed by atoms with Crippen molar-refractivity contribution < 1.29 is 33.2 Å². The van der Waals surface area contributed by atoms with Gasteiger partial charge < -0.3 is 33.2 Å². The van der Waals surface area contributed by atoms with Crippen LogP contribution in [-0.4, -0.2) is 46.3 Å². The first-order chi connectivity index (χ1) is 15.3. The van der Waals surface area contributed by atoms with Crippen molar-refractivity contribution in [2.45, 2.75) is 13.0 Å². The highest BCUT2D eigenvalue weighted by atomic mass is 16.5. The molecule has 0 radical (unpaired) electrons. The highest BCUT2D eigenvalue weighted by Crippen LogP contribution is 2.39. The first-order valence-electron chi connectivity index (χ1n) is 9.76. The van der Waals surface area contributed by atoms with E-state index in [4.69, 9.17) is 28.1 Å². The van der Waals surface area contributed by atoms with Gasteiger partial charge >= 0.3 is 0 Å². The predicted molar refractivity (Wildman–Crippen MR) is 120 cm³/mol. The summed E-state index contributed by atoms with van der Waals surface area (Å²) in [5, 5.41) is 10.2. The Morgan fingerprint density at radius 3 is 2.28 bits per heavy atom. The summed E-state index contributed by atoms with van der Waals surface area (Å²) in [4.78, 5) is 13.3. The summed E-state index contributed by atoms with van der Waals surface area (Å²) < 4.78 is 33.2. The molecule has 3 rings (SSSR count). The van der Waals surface area contributed by atoms with Crippen LogP contribution in [0.1, 0.15) is 6.92 Å². The van der Waals surface area contributed by atoms with Gasteiger partial charge in [0, 0.05) is 17.7 Å². The van der Waals surface area contributed by atoms with E-state index in [-0.39, 0.29) is 34.8 Å². The first kappa shape index (κ1) is 23.0. The highest BCUT2D eigenvalue weighted by molar-refractivity contribution is 5.88. The fourth-order valence-electron chi connectivity index (χ4n) is 3.16. The van der Waals surface area contributed by atoms with E-state index in [0.29, 0.717) is 28.4 Å². The Bertz CT molecular complexity index is 1190. The largest absolute Gasteiger partial charge is 0.496 e. The molecule has 0 bridgehead atoms. The maximum Gasteiger partial charge on any atom is 0.239 e. The normalized spacial score (nSPS) is 11.7. The van der Waals surface area contributed by atoms with E-state index in [9.17, 15) is 9.90 Å². The van der Waals surface area contributed by atoms with E-state index in [0.717, 1.165) is 0 Å². The van der Waals surface area contributed by atoms with Gasteiger partial charge in [0.1, 0.15) is 35.2 Å². The van der Waals surface area contributed by atoms with Crippen LogP contribution in [0, 0.1) is 0 Å². The molecule has 0 amide bonds. The smallest absolute Gasteiger partial charge is 0.239 e. The molecule has 2 aromatic carbocycles. The molecule has 0 aliphatic carbocycles. The van der Waals surface area contributed by atoms with Crippen LogP contribution in [0.2, 0.25) is 0 Å². The van der Waals surface area contributed by atoms with Gasteiger partial charge in [0.05, 0.1) is 28.4 Å². The minimum Gasteiger partial charge on any atom is -0.496 e. The number of methoxy groups -OCH3 is 4. The van der Waals surface area contributed by atoms with Crippen LogP contribution in [0.25, 0.3) is 22.3 Å². The molecular formula is C24H26O8. The van der Waals surface area contributed by atoms with E-state index < -0.39 is 11.5 Å². The number of aliphatic hydroxyl groups is 1. The van der Waals surface area contributed by atoms with E-state index in [1.54, 1.807) is 37.3 Å². The number of ether oxygens (including phenoxy) is 5. The lowest BCUT2D eigenvalue weighted by Gasteiger charge is -2.15. The molecule has 0 aliphatic heterocycles. The monoisotopic (exact) mass is 442 g/mol.